The predicted octanol–water partition coefficient (Wildman–Crippen LogP) is 0.678. The average molecular weight is 199 g/mol. The lowest BCUT2D eigenvalue weighted by molar-refractivity contribution is 0.480. The minimum Gasteiger partial charge on any atom is -0.356 e. The number of guanidine groups is 1. The zero-order valence-corrected chi connectivity index (χ0v) is 8.70. The third-order valence-corrected chi connectivity index (χ3v) is 3.62. The Hall–Kier alpha value is -0.380. The number of hydrogen-bond acceptors (Lipinski definition) is 4. The summed E-state index contributed by atoms with van der Waals surface area (Å²) in [6.07, 6.45) is 2.73. The van der Waals surface area contributed by atoms with Crippen LogP contribution < -0.4 is 10.6 Å². The summed E-state index contributed by atoms with van der Waals surface area (Å²) >= 11 is 2.08. The van der Waals surface area contributed by atoms with Crippen LogP contribution in [-0.2, 0) is 0 Å². The Morgan fingerprint density at radius 2 is 2.31 bits per heavy atom. The molecule has 0 saturated carbocycles. The highest BCUT2D eigenvalue weighted by atomic mass is 32.2. The van der Waals surface area contributed by atoms with E-state index in [9.17, 15) is 0 Å². The molecule has 2 aliphatic heterocycles. The predicted molar refractivity (Wildman–Crippen MR) is 58.4 cm³/mol. The molecule has 74 valence electrons. The number of nitrogens with one attached hydrogen (secondary N) is 2. The summed E-state index contributed by atoms with van der Waals surface area (Å²) in [7, 11) is 0. The molecule has 0 amide bonds. The van der Waals surface area contributed by atoms with Gasteiger partial charge in [0.15, 0.2) is 5.96 Å². The van der Waals surface area contributed by atoms with Gasteiger partial charge in [-0.25, -0.2) is 0 Å². The molecule has 0 aromatic rings. The van der Waals surface area contributed by atoms with E-state index in [1.807, 2.05) is 0 Å². The highest BCUT2D eigenvalue weighted by molar-refractivity contribution is 7.99. The van der Waals surface area contributed by atoms with Crippen molar-refractivity contribution in [3.05, 3.63) is 0 Å². The van der Waals surface area contributed by atoms with E-state index in [2.05, 4.69) is 27.4 Å². The molecule has 2 aliphatic rings. The Balaban J connectivity index is 1.66. The highest BCUT2D eigenvalue weighted by Crippen LogP contribution is 2.21. The molecule has 2 rings (SSSR count). The molecule has 13 heavy (non-hydrogen) atoms. The summed E-state index contributed by atoms with van der Waals surface area (Å²) in [6, 6.07) is 0. The lowest BCUT2D eigenvalue weighted by Crippen LogP contribution is -2.37. The van der Waals surface area contributed by atoms with Gasteiger partial charge in [-0.05, 0) is 30.3 Å². The molecule has 0 unspecified atom stereocenters. The van der Waals surface area contributed by atoms with Crippen LogP contribution in [0.15, 0.2) is 4.99 Å². The van der Waals surface area contributed by atoms with Crippen LogP contribution in [-0.4, -0.2) is 37.1 Å². The summed E-state index contributed by atoms with van der Waals surface area (Å²) in [6.45, 7) is 3.04. The number of aliphatic imine (C=N–C) groups is 1. The van der Waals surface area contributed by atoms with E-state index in [0.717, 1.165) is 31.5 Å². The molecular formula is C9H17N3S. The quantitative estimate of drug-likeness (QED) is 0.686. The van der Waals surface area contributed by atoms with Crippen molar-refractivity contribution in [3.8, 4) is 0 Å². The Kier molecular flexibility index (Phi) is 3.35. The molecule has 0 radical (unpaired) electrons. The Labute approximate surface area is 83.8 Å². The monoisotopic (exact) mass is 199 g/mol. The first-order valence-corrected chi connectivity index (χ1v) is 6.20. The third-order valence-electron chi connectivity index (χ3n) is 2.57. The molecule has 4 heteroatoms. The zero-order chi connectivity index (χ0) is 8.93. The summed E-state index contributed by atoms with van der Waals surface area (Å²) < 4.78 is 0. The second-order valence-corrected chi connectivity index (χ2v) is 4.82. The number of rotatable bonds is 2. The van der Waals surface area contributed by atoms with E-state index >= 15 is 0 Å². The smallest absolute Gasteiger partial charge is 0.191 e. The van der Waals surface area contributed by atoms with Crippen molar-refractivity contribution in [2.24, 2.45) is 10.9 Å². The molecule has 0 bridgehead atoms. The first kappa shape index (κ1) is 9.19. The van der Waals surface area contributed by atoms with E-state index < -0.39 is 0 Å². The van der Waals surface area contributed by atoms with Gasteiger partial charge in [-0.3, -0.25) is 4.99 Å². The van der Waals surface area contributed by atoms with Gasteiger partial charge in [0.05, 0.1) is 6.54 Å². The standard InChI is InChI=1S/C9H17N3S/c1-5-13-6-2-8(1)7-12-9-10-3-4-11-9/h8H,1-7H2,(H2,10,11,12). The molecule has 0 atom stereocenters. The molecule has 0 aromatic carbocycles. The number of nitrogens with zero attached hydrogens (tertiary/aromatic N) is 1. The third kappa shape index (κ3) is 2.79. The van der Waals surface area contributed by atoms with Crippen molar-refractivity contribution >= 4 is 17.7 Å². The van der Waals surface area contributed by atoms with Crippen molar-refractivity contribution in [3.63, 3.8) is 0 Å². The van der Waals surface area contributed by atoms with Crippen LogP contribution in [0.1, 0.15) is 12.8 Å². The van der Waals surface area contributed by atoms with Crippen LogP contribution in [0.5, 0.6) is 0 Å². The SMILES string of the molecule is C1CNC(NCC2CCSCC2)=N1. The Morgan fingerprint density at radius 3 is 3.00 bits per heavy atom. The van der Waals surface area contributed by atoms with Gasteiger partial charge in [-0.2, -0.15) is 11.8 Å². The van der Waals surface area contributed by atoms with Gasteiger partial charge in [0.2, 0.25) is 0 Å². The van der Waals surface area contributed by atoms with Gasteiger partial charge < -0.3 is 10.6 Å². The Morgan fingerprint density at radius 1 is 1.46 bits per heavy atom. The zero-order valence-electron chi connectivity index (χ0n) is 7.88. The molecule has 0 spiro atoms. The fourth-order valence-corrected chi connectivity index (χ4v) is 2.91. The number of thioether (sulfide) groups is 1. The van der Waals surface area contributed by atoms with E-state index in [1.54, 1.807) is 0 Å². The minimum absolute atomic E-state index is 0.867. The van der Waals surface area contributed by atoms with E-state index in [-0.39, 0.29) is 0 Å². The summed E-state index contributed by atoms with van der Waals surface area (Å²) in [4.78, 5) is 4.31. The van der Waals surface area contributed by atoms with Gasteiger partial charge in [-0.15, -0.1) is 0 Å². The molecule has 2 heterocycles. The van der Waals surface area contributed by atoms with Crippen molar-refractivity contribution in [2.45, 2.75) is 12.8 Å². The molecule has 3 nitrogen and oxygen atoms in total. The number of hydrogen-bond donors (Lipinski definition) is 2. The maximum Gasteiger partial charge on any atom is 0.191 e. The van der Waals surface area contributed by atoms with Crippen molar-refractivity contribution in [2.75, 3.05) is 31.1 Å². The molecule has 0 aromatic heterocycles. The molecule has 1 fully saturated rings. The van der Waals surface area contributed by atoms with Crippen LogP contribution in [0.3, 0.4) is 0 Å². The summed E-state index contributed by atoms with van der Waals surface area (Å²) in [5.74, 6) is 4.56. The minimum atomic E-state index is 0.867. The summed E-state index contributed by atoms with van der Waals surface area (Å²) in [5.41, 5.74) is 0. The van der Waals surface area contributed by atoms with Crippen LogP contribution in [0, 0.1) is 5.92 Å². The lowest BCUT2D eigenvalue weighted by atomic mass is 10.0. The first-order chi connectivity index (χ1) is 6.45. The second-order valence-electron chi connectivity index (χ2n) is 3.59. The molecular weight excluding hydrogens is 182 g/mol. The van der Waals surface area contributed by atoms with Crippen molar-refractivity contribution in [1.82, 2.24) is 10.6 Å². The molecule has 1 saturated heterocycles. The van der Waals surface area contributed by atoms with Crippen LogP contribution >= 0.6 is 11.8 Å². The van der Waals surface area contributed by atoms with Gasteiger partial charge in [0.1, 0.15) is 0 Å². The van der Waals surface area contributed by atoms with Crippen molar-refractivity contribution in [1.29, 1.82) is 0 Å². The topological polar surface area (TPSA) is 36.4 Å². The second kappa shape index (κ2) is 4.74. The van der Waals surface area contributed by atoms with Gasteiger partial charge >= 0.3 is 0 Å². The highest BCUT2D eigenvalue weighted by Gasteiger charge is 2.14. The van der Waals surface area contributed by atoms with E-state index in [1.165, 1.54) is 24.3 Å². The van der Waals surface area contributed by atoms with Crippen LogP contribution in [0.25, 0.3) is 0 Å². The van der Waals surface area contributed by atoms with E-state index in [4.69, 9.17) is 0 Å². The lowest BCUT2D eigenvalue weighted by Gasteiger charge is -2.21. The fraction of sp³-hybridized carbons (Fsp3) is 0.889. The van der Waals surface area contributed by atoms with Gasteiger partial charge in [-0.1, -0.05) is 0 Å². The normalized spacial score (nSPS) is 23.8. The van der Waals surface area contributed by atoms with Gasteiger partial charge in [0.25, 0.3) is 0 Å². The molecule has 2 N–H and O–H groups in total. The maximum atomic E-state index is 4.31. The Bertz CT molecular complexity index is 187. The first-order valence-electron chi connectivity index (χ1n) is 5.05. The average Bonchev–Trinajstić information content (AvgIpc) is 2.69. The van der Waals surface area contributed by atoms with E-state index in [0.29, 0.717) is 0 Å². The fourth-order valence-electron chi connectivity index (χ4n) is 1.71. The molecule has 0 aliphatic carbocycles. The summed E-state index contributed by atoms with van der Waals surface area (Å²) in [5, 5.41) is 6.61. The maximum absolute atomic E-state index is 4.31. The van der Waals surface area contributed by atoms with Crippen LogP contribution in [0.4, 0.5) is 0 Å². The van der Waals surface area contributed by atoms with Gasteiger partial charge in [0, 0.05) is 13.1 Å². The largest absolute Gasteiger partial charge is 0.356 e. The van der Waals surface area contributed by atoms with Crippen LogP contribution in [0.2, 0.25) is 0 Å². The van der Waals surface area contributed by atoms with Crippen molar-refractivity contribution < 1.29 is 0 Å².